The summed E-state index contributed by atoms with van der Waals surface area (Å²) in [5, 5.41) is 3.38. The first-order valence-corrected chi connectivity index (χ1v) is 11.2. The summed E-state index contributed by atoms with van der Waals surface area (Å²) in [5.74, 6) is 0.252. The normalized spacial score (nSPS) is 10.8. The molecule has 34 heavy (non-hydrogen) atoms. The number of anilines is 1. The number of fused-ring (bicyclic) bond motifs is 1. The highest BCUT2D eigenvalue weighted by Crippen LogP contribution is 2.16. The fourth-order valence-electron chi connectivity index (χ4n) is 3.90. The average molecular weight is 455 g/mol. The minimum atomic E-state index is -0.282. The predicted octanol–water partition coefficient (Wildman–Crippen LogP) is 4.43. The third-order valence-electron chi connectivity index (χ3n) is 5.77. The summed E-state index contributed by atoms with van der Waals surface area (Å²) in [6.45, 7) is 6.95. The van der Waals surface area contributed by atoms with Crippen molar-refractivity contribution in [2.75, 3.05) is 18.4 Å². The quantitative estimate of drug-likeness (QED) is 0.467. The zero-order chi connectivity index (χ0) is 24.2. The van der Waals surface area contributed by atoms with Crippen LogP contribution in [0, 0.1) is 6.92 Å². The second-order valence-corrected chi connectivity index (χ2v) is 7.87. The summed E-state index contributed by atoms with van der Waals surface area (Å²) >= 11 is 0. The molecule has 1 N–H and O–H groups in total. The van der Waals surface area contributed by atoms with E-state index in [1.807, 2.05) is 32.0 Å². The van der Waals surface area contributed by atoms with Gasteiger partial charge in [-0.25, -0.2) is 4.98 Å². The molecule has 172 valence electrons. The van der Waals surface area contributed by atoms with Gasteiger partial charge in [-0.2, -0.15) is 0 Å². The predicted molar refractivity (Wildman–Crippen MR) is 134 cm³/mol. The molecule has 1 aromatic heterocycles. The van der Waals surface area contributed by atoms with Crippen LogP contribution in [0.25, 0.3) is 16.6 Å². The molecule has 7 heteroatoms. The van der Waals surface area contributed by atoms with Gasteiger partial charge in [-0.1, -0.05) is 12.1 Å². The molecule has 3 aromatic carbocycles. The maximum atomic E-state index is 13.0. The van der Waals surface area contributed by atoms with Gasteiger partial charge in [0.1, 0.15) is 5.82 Å². The third kappa shape index (κ3) is 4.45. The van der Waals surface area contributed by atoms with Crippen molar-refractivity contribution in [3.8, 4) is 5.69 Å². The molecule has 2 amide bonds. The van der Waals surface area contributed by atoms with Gasteiger partial charge in [-0.15, -0.1) is 0 Å². The Morgan fingerprint density at radius 3 is 2.15 bits per heavy atom. The lowest BCUT2D eigenvalue weighted by atomic mass is 10.1. The first kappa shape index (κ1) is 22.9. The van der Waals surface area contributed by atoms with Gasteiger partial charge in [0.15, 0.2) is 0 Å². The Labute approximate surface area is 197 Å². The number of rotatable bonds is 6. The van der Waals surface area contributed by atoms with E-state index in [0.29, 0.717) is 52.3 Å². The highest BCUT2D eigenvalue weighted by atomic mass is 16.2. The molecule has 4 rings (SSSR count). The molecule has 0 saturated heterocycles. The number of para-hydroxylation sites is 1. The zero-order valence-corrected chi connectivity index (χ0v) is 19.4. The molecule has 0 atom stereocenters. The number of nitrogens with one attached hydrogen (secondary N) is 1. The van der Waals surface area contributed by atoms with Crippen molar-refractivity contribution in [3.63, 3.8) is 0 Å². The fourth-order valence-corrected chi connectivity index (χ4v) is 3.90. The second kappa shape index (κ2) is 9.70. The maximum absolute atomic E-state index is 13.0. The van der Waals surface area contributed by atoms with E-state index < -0.39 is 0 Å². The van der Waals surface area contributed by atoms with Crippen molar-refractivity contribution in [2.45, 2.75) is 20.8 Å². The van der Waals surface area contributed by atoms with Gasteiger partial charge >= 0.3 is 0 Å². The monoisotopic (exact) mass is 454 g/mol. The summed E-state index contributed by atoms with van der Waals surface area (Å²) in [6, 6.07) is 20.9. The minimum absolute atomic E-state index is 0.0350. The minimum Gasteiger partial charge on any atom is -0.339 e. The molecule has 0 aliphatic carbocycles. The number of carbonyl (C=O) groups excluding carboxylic acids is 2. The lowest BCUT2D eigenvalue weighted by Crippen LogP contribution is -2.30. The number of aryl methyl sites for hydroxylation is 1. The molecule has 4 aromatic rings. The lowest BCUT2D eigenvalue weighted by Gasteiger charge is -2.18. The second-order valence-electron chi connectivity index (χ2n) is 7.87. The van der Waals surface area contributed by atoms with Crippen LogP contribution in [-0.4, -0.2) is 39.4 Å². The topological polar surface area (TPSA) is 84.3 Å². The number of hydrogen-bond acceptors (Lipinski definition) is 4. The van der Waals surface area contributed by atoms with Gasteiger partial charge in [0.05, 0.1) is 16.6 Å². The third-order valence-corrected chi connectivity index (χ3v) is 5.77. The van der Waals surface area contributed by atoms with Gasteiger partial charge in [-0.05, 0) is 81.4 Å². The van der Waals surface area contributed by atoms with Crippen molar-refractivity contribution in [2.24, 2.45) is 0 Å². The smallest absolute Gasteiger partial charge is 0.265 e. The van der Waals surface area contributed by atoms with Gasteiger partial charge in [0.2, 0.25) is 0 Å². The van der Waals surface area contributed by atoms with Crippen LogP contribution in [0.2, 0.25) is 0 Å². The standard InChI is InChI=1S/C27H26N4O3/c1-4-30(5-2)26(33)20-10-14-21(15-11-20)29-25(32)19-12-16-22(17-13-19)31-18(3)28-24-9-7-6-8-23(24)27(31)34/h6-17H,4-5H2,1-3H3,(H,29,32). The van der Waals surface area contributed by atoms with Crippen LogP contribution >= 0.6 is 0 Å². The van der Waals surface area contributed by atoms with E-state index in [9.17, 15) is 14.4 Å². The van der Waals surface area contributed by atoms with Crippen molar-refractivity contribution in [3.05, 3.63) is 100 Å². The number of amides is 2. The molecular formula is C27H26N4O3. The first-order chi connectivity index (χ1) is 16.4. The zero-order valence-electron chi connectivity index (χ0n) is 19.4. The first-order valence-electron chi connectivity index (χ1n) is 11.2. The summed E-state index contributed by atoms with van der Waals surface area (Å²) in [5.41, 5.74) is 2.76. The van der Waals surface area contributed by atoms with E-state index in [-0.39, 0.29) is 17.4 Å². The Morgan fingerprint density at radius 2 is 1.50 bits per heavy atom. The Morgan fingerprint density at radius 1 is 0.882 bits per heavy atom. The summed E-state index contributed by atoms with van der Waals surface area (Å²) in [7, 11) is 0. The number of aromatic nitrogens is 2. The Hall–Kier alpha value is -4.26. The highest BCUT2D eigenvalue weighted by molar-refractivity contribution is 6.04. The summed E-state index contributed by atoms with van der Waals surface area (Å²) in [4.78, 5) is 44.4. The summed E-state index contributed by atoms with van der Waals surface area (Å²) in [6.07, 6.45) is 0. The summed E-state index contributed by atoms with van der Waals surface area (Å²) < 4.78 is 1.54. The van der Waals surface area contributed by atoms with E-state index in [1.54, 1.807) is 66.4 Å². The molecular weight excluding hydrogens is 428 g/mol. The molecule has 0 unspecified atom stereocenters. The van der Waals surface area contributed by atoms with Crippen molar-refractivity contribution in [1.82, 2.24) is 14.5 Å². The van der Waals surface area contributed by atoms with E-state index in [2.05, 4.69) is 10.3 Å². The SMILES string of the molecule is CCN(CC)C(=O)c1ccc(NC(=O)c2ccc(-n3c(C)nc4ccccc4c3=O)cc2)cc1. The molecule has 0 radical (unpaired) electrons. The molecule has 0 fully saturated rings. The van der Waals surface area contributed by atoms with Crippen molar-refractivity contribution in [1.29, 1.82) is 0 Å². The van der Waals surface area contributed by atoms with E-state index in [1.165, 1.54) is 4.57 Å². The molecule has 0 aliphatic rings. The van der Waals surface area contributed by atoms with Gasteiger partial charge in [0, 0.05) is 29.9 Å². The van der Waals surface area contributed by atoms with E-state index in [4.69, 9.17) is 0 Å². The van der Waals surface area contributed by atoms with Crippen LogP contribution in [-0.2, 0) is 0 Å². The van der Waals surface area contributed by atoms with Crippen LogP contribution < -0.4 is 10.9 Å². The Bertz CT molecular complexity index is 1400. The van der Waals surface area contributed by atoms with Crippen LogP contribution in [0.5, 0.6) is 0 Å². The van der Waals surface area contributed by atoms with E-state index >= 15 is 0 Å². The van der Waals surface area contributed by atoms with Crippen LogP contribution in [0.4, 0.5) is 5.69 Å². The Kier molecular flexibility index (Phi) is 6.54. The molecule has 0 saturated carbocycles. The number of hydrogen-bond donors (Lipinski definition) is 1. The van der Waals surface area contributed by atoms with Gasteiger partial charge < -0.3 is 10.2 Å². The van der Waals surface area contributed by atoms with E-state index in [0.717, 1.165) is 0 Å². The molecule has 7 nitrogen and oxygen atoms in total. The van der Waals surface area contributed by atoms with Crippen molar-refractivity contribution < 1.29 is 9.59 Å². The van der Waals surface area contributed by atoms with Crippen LogP contribution in [0.15, 0.2) is 77.6 Å². The van der Waals surface area contributed by atoms with Gasteiger partial charge in [0.25, 0.3) is 17.4 Å². The van der Waals surface area contributed by atoms with Crippen molar-refractivity contribution >= 4 is 28.4 Å². The molecule has 0 aliphatic heterocycles. The molecule has 1 heterocycles. The molecule has 0 spiro atoms. The number of benzene rings is 3. The number of carbonyl (C=O) groups is 2. The Balaban J connectivity index is 1.52. The highest BCUT2D eigenvalue weighted by Gasteiger charge is 2.14. The van der Waals surface area contributed by atoms with Crippen LogP contribution in [0.3, 0.4) is 0 Å². The average Bonchev–Trinajstić information content (AvgIpc) is 2.85. The maximum Gasteiger partial charge on any atom is 0.265 e. The largest absolute Gasteiger partial charge is 0.339 e. The fraction of sp³-hybridized carbons (Fsp3) is 0.185. The van der Waals surface area contributed by atoms with Crippen LogP contribution in [0.1, 0.15) is 40.4 Å². The lowest BCUT2D eigenvalue weighted by molar-refractivity contribution is 0.0773. The van der Waals surface area contributed by atoms with Gasteiger partial charge in [-0.3, -0.25) is 19.0 Å². The number of nitrogens with zero attached hydrogens (tertiary/aromatic N) is 3. The molecule has 0 bridgehead atoms.